The van der Waals surface area contributed by atoms with Crippen LogP contribution in [0, 0.1) is 17.3 Å². The van der Waals surface area contributed by atoms with Gasteiger partial charge < -0.3 is 25.2 Å². The Kier molecular flexibility index (Phi) is 14.2. The van der Waals surface area contributed by atoms with E-state index in [1.54, 1.807) is 13.8 Å². The van der Waals surface area contributed by atoms with Crippen molar-refractivity contribution in [3.05, 3.63) is 35.9 Å². The first-order chi connectivity index (χ1) is 20.9. The molecule has 1 heterocycles. The molecule has 3 N–H and O–H groups in total. The van der Waals surface area contributed by atoms with Crippen LogP contribution in [0.5, 0.6) is 0 Å². The van der Waals surface area contributed by atoms with Crippen LogP contribution in [-0.2, 0) is 23.9 Å². The molecular weight excluding hydrogens is 556 g/mol. The van der Waals surface area contributed by atoms with Gasteiger partial charge >= 0.3 is 5.97 Å². The molecule has 1 aromatic rings. The van der Waals surface area contributed by atoms with Gasteiger partial charge in [-0.3, -0.25) is 14.4 Å². The maximum atomic E-state index is 13.8. The zero-order valence-corrected chi connectivity index (χ0v) is 27.9. The molecule has 2 amide bonds. The maximum absolute atomic E-state index is 13.8. The van der Waals surface area contributed by atoms with Gasteiger partial charge in [-0.05, 0) is 44.6 Å². The number of carboxylic acid groups (broad SMARTS) is 1. The molecule has 0 bridgehead atoms. The Bertz CT molecular complexity index is 1040. The highest BCUT2D eigenvalue weighted by molar-refractivity contribution is 5.84. The van der Waals surface area contributed by atoms with Gasteiger partial charge in [0.05, 0.1) is 18.4 Å². The fourth-order valence-electron chi connectivity index (χ4n) is 6.77. The molecule has 2 aliphatic rings. The molecule has 1 aromatic carbocycles. The SMILES string of the molecule is CCCCCCCCCCC(C(=O)NC1CCCCC1C(CNC(=O)C1OC(C)(C)OCC1(C)C)C(=O)O)c1ccccc1. The highest BCUT2D eigenvalue weighted by atomic mass is 16.7. The Balaban J connectivity index is 1.64. The minimum absolute atomic E-state index is 0.0111. The van der Waals surface area contributed by atoms with Gasteiger partial charge in [0.1, 0.15) is 6.10 Å². The topological polar surface area (TPSA) is 114 Å². The van der Waals surface area contributed by atoms with Crippen LogP contribution in [0.4, 0.5) is 0 Å². The van der Waals surface area contributed by atoms with Gasteiger partial charge in [0.15, 0.2) is 5.79 Å². The third kappa shape index (κ3) is 10.9. The lowest BCUT2D eigenvalue weighted by Gasteiger charge is -2.45. The summed E-state index contributed by atoms with van der Waals surface area (Å²) in [5.41, 5.74) is 0.450. The summed E-state index contributed by atoms with van der Waals surface area (Å²) in [6.07, 6.45) is 12.9. The summed E-state index contributed by atoms with van der Waals surface area (Å²) in [7, 11) is 0. The zero-order chi connectivity index (χ0) is 32.2. The van der Waals surface area contributed by atoms with Crippen molar-refractivity contribution in [2.24, 2.45) is 17.3 Å². The quantitative estimate of drug-likeness (QED) is 0.163. The number of carbonyl (C=O) groups is 3. The summed E-state index contributed by atoms with van der Waals surface area (Å²) in [4.78, 5) is 39.7. The molecule has 8 heteroatoms. The largest absolute Gasteiger partial charge is 0.481 e. The van der Waals surface area contributed by atoms with Gasteiger partial charge in [0.2, 0.25) is 11.8 Å². The molecule has 1 aliphatic carbocycles. The van der Waals surface area contributed by atoms with Crippen LogP contribution in [0.1, 0.15) is 130 Å². The highest BCUT2D eigenvalue weighted by Crippen LogP contribution is 2.36. The van der Waals surface area contributed by atoms with Gasteiger partial charge in [-0.25, -0.2) is 0 Å². The van der Waals surface area contributed by atoms with Crippen molar-refractivity contribution in [1.29, 1.82) is 0 Å². The first-order valence-electron chi connectivity index (χ1n) is 17.1. The molecule has 0 radical (unpaired) electrons. The van der Waals surface area contributed by atoms with Crippen LogP contribution in [0.15, 0.2) is 30.3 Å². The second-order valence-electron chi connectivity index (χ2n) is 14.2. The molecule has 0 aromatic heterocycles. The second-order valence-corrected chi connectivity index (χ2v) is 14.2. The van der Waals surface area contributed by atoms with E-state index in [9.17, 15) is 19.5 Å². The Morgan fingerprint density at radius 1 is 0.932 bits per heavy atom. The molecule has 3 rings (SSSR count). The molecule has 0 spiro atoms. The summed E-state index contributed by atoms with van der Waals surface area (Å²) < 4.78 is 11.7. The third-order valence-corrected chi connectivity index (χ3v) is 9.48. The van der Waals surface area contributed by atoms with Gasteiger partial charge in [0, 0.05) is 18.0 Å². The average molecular weight is 615 g/mol. The summed E-state index contributed by atoms with van der Waals surface area (Å²) in [6.45, 7) is 9.94. The number of hydrogen-bond donors (Lipinski definition) is 3. The molecule has 1 saturated heterocycles. The molecule has 248 valence electrons. The van der Waals surface area contributed by atoms with E-state index in [4.69, 9.17) is 9.47 Å². The summed E-state index contributed by atoms with van der Waals surface area (Å²) >= 11 is 0. The van der Waals surface area contributed by atoms with E-state index in [1.165, 1.54) is 38.5 Å². The lowest BCUT2D eigenvalue weighted by atomic mass is 9.75. The maximum Gasteiger partial charge on any atom is 0.308 e. The highest BCUT2D eigenvalue weighted by Gasteiger charge is 2.46. The van der Waals surface area contributed by atoms with Gasteiger partial charge in [-0.15, -0.1) is 0 Å². The van der Waals surface area contributed by atoms with Crippen molar-refractivity contribution >= 4 is 17.8 Å². The first-order valence-corrected chi connectivity index (χ1v) is 17.1. The molecule has 5 unspecified atom stereocenters. The molecule has 44 heavy (non-hydrogen) atoms. The zero-order valence-electron chi connectivity index (χ0n) is 27.9. The lowest BCUT2D eigenvalue weighted by molar-refractivity contribution is -0.304. The second kappa shape index (κ2) is 17.3. The summed E-state index contributed by atoms with van der Waals surface area (Å²) in [5.74, 6) is -3.56. The van der Waals surface area contributed by atoms with Crippen LogP contribution < -0.4 is 10.6 Å². The van der Waals surface area contributed by atoms with Crippen LogP contribution >= 0.6 is 0 Å². The summed E-state index contributed by atoms with van der Waals surface area (Å²) in [5, 5.41) is 16.5. The van der Waals surface area contributed by atoms with Crippen molar-refractivity contribution in [1.82, 2.24) is 10.6 Å². The molecule has 2 fully saturated rings. The van der Waals surface area contributed by atoms with E-state index in [0.29, 0.717) is 13.0 Å². The monoisotopic (exact) mass is 614 g/mol. The fraction of sp³-hybridized carbons (Fsp3) is 0.750. The smallest absolute Gasteiger partial charge is 0.308 e. The molecule has 8 nitrogen and oxygen atoms in total. The number of carbonyl (C=O) groups excluding carboxylic acids is 2. The average Bonchev–Trinajstić information content (AvgIpc) is 2.98. The predicted molar refractivity (Wildman–Crippen MR) is 173 cm³/mol. The number of amides is 2. The Morgan fingerprint density at radius 3 is 2.23 bits per heavy atom. The Hall–Kier alpha value is -2.45. The normalized spacial score (nSPS) is 24.2. The van der Waals surface area contributed by atoms with Crippen LogP contribution in [0.2, 0.25) is 0 Å². The van der Waals surface area contributed by atoms with E-state index in [1.807, 2.05) is 44.2 Å². The minimum Gasteiger partial charge on any atom is -0.481 e. The number of rotatable bonds is 17. The number of ether oxygens (including phenoxy) is 2. The number of nitrogens with one attached hydrogen (secondary N) is 2. The number of carboxylic acids is 1. The lowest BCUT2D eigenvalue weighted by Crippen LogP contribution is -2.57. The van der Waals surface area contributed by atoms with E-state index < -0.39 is 29.2 Å². The van der Waals surface area contributed by atoms with E-state index in [0.717, 1.165) is 44.1 Å². The summed E-state index contributed by atoms with van der Waals surface area (Å²) in [6, 6.07) is 9.69. The molecular formula is C36H58N2O6. The van der Waals surface area contributed by atoms with Crippen molar-refractivity contribution in [2.45, 2.75) is 142 Å². The number of unbranched alkanes of at least 4 members (excludes halogenated alkanes) is 7. The fourth-order valence-corrected chi connectivity index (χ4v) is 6.77. The first kappa shape index (κ1) is 36.0. The Labute approximate surface area is 265 Å². The van der Waals surface area contributed by atoms with Gasteiger partial charge in [-0.2, -0.15) is 0 Å². The van der Waals surface area contributed by atoms with Crippen molar-refractivity contribution in [2.75, 3.05) is 13.2 Å². The van der Waals surface area contributed by atoms with Gasteiger partial charge in [0.25, 0.3) is 0 Å². The van der Waals surface area contributed by atoms with Crippen LogP contribution in [0.25, 0.3) is 0 Å². The van der Waals surface area contributed by atoms with E-state index in [-0.39, 0.29) is 36.2 Å². The Morgan fingerprint density at radius 2 is 1.57 bits per heavy atom. The minimum atomic E-state index is -0.956. The number of aliphatic carboxylic acids is 1. The van der Waals surface area contributed by atoms with Crippen LogP contribution in [-0.4, -0.2) is 54.0 Å². The standard InChI is InChI=1S/C36H58N2O6/c1-6-7-8-9-10-11-12-16-21-27(26-19-14-13-15-20-26)32(39)38-30-23-18-17-22-28(30)29(34(41)42)24-37-33(40)31-35(2,3)25-43-36(4,5)44-31/h13-15,19-20,27-31H,6-12,16-18,21-25H2,1-5H3,(H,37,40)(H,38,39)(H,41,42). The van der Waals surface area contributed by atoms with Crippen molar-refractivity contribution < 1.29 is 29.0 Å². The van der Waals surface area contributed by atoms with E-state index in [2.05, 4.69) is 17.6 Å². The van der Waals surface area contributed by atoms with E-state index >= 15 is 0 Å². The van der Waals surface area contributed by atoms with Crippen LogP contribution in [0.3, 0.4) is 0 Å². The molecule has 1 aliphatic heterocycles. The van der Waals surface area contributed by atoms with Crippen molar-refractivity contribution in [3.63, 3.8) is 0 Å². The van der Waals surface area contributed by atoms with Crippen molar-refractivity contribution in [3.8, 4) is 0 Å². The third-order valence-electron chi connectivity index (χ3n) is 9.48. The molecule has 1 saturated carbocycles. The number of hydrogen-bond acceptors (Lipinski definition) is 5. The van der Waals surface area contributed by atoms with Gasteiger partial charge in [-0.1, -0.05) is 115 Å². The predicted octanol–water partition coefficient (Wildman–Crippen LogP) is 6.97. The number of benzene rings is 1. The molecule has 5 atom stereocenters.